The molecule has 1 aliphatic rings. The predicted molar refractivity (Wildman–Crippen MR) is 85.7 cm³/mol. The Bertz CT molecular complexity index is 482. The number of rotatable bonds is 6. The highest BCUT2D eigenvalue weighted by Gasteiger charge is 2.18. The van der Waals surface area contributed by atoms with Crippen LogP contribution in [0.3, 0.4) is 0 Å². The van der Waals surface area contributed by atoms with E-state index >= 15 is 0 Å². The zero-order valence-corrected chi connectivity index (χ0v) is 13.5. The van der Waals surface area contributed by atoms with Crippen LogP contribution in [0.25, 0.3) is 0 Å². The fourth-order valence-corrected chi connectivity index (χ4v) is 2.97. The molecule has 21 heavy (non-hydrogen) atoms. The summed E-state index contributed by atoms with van der Waals surface area (Å²) in [6.07, 6.45) is 4.78. The average molecular weight is 289 g/mol. The third-order valence-corrected chi connectivity index (χ3v) is 4.03. The molecule has 0 aliphatic heterocycles. The van der Waals surface area contributed by atoms with Crippen LogP contribution in [0, 0.1) is 5.92 Å². The summed E-state index contributed by atoms with van der Waals surface area (Å²) in [6, 6.07) is 6.25. The summed E-state index contributed by atoms with van der Waals surface area (Å²) in [4.78, 5) is 14.7. The van der Waals surface area contributed by atoms with Gasteiger partial charge < -0.3 is 9.64 Å². The van der Waals surface area contributed by atoms with E-state index in [9.17, 15) is 4.79 Å². The molecule has 0 radical (unpaired) electrons. The van der Waals surface area contributed by atoms with Gasteiger partial charge in [0.2, 0.25) is 0 Å². The van der Waals surface area contributed by atoms with Crippen LogP contribution in [0.4, 0.5) is 0 Å². The fraction of sp³-hybridized carbons (Fsp3) is 0.611. The first kappa shape index (κ1) is 16.0. The number of ether oxygens (including phenoxy) is 1. The Labute approximate surface area is 128 Å². The Hall–Kier alpha value is -1.35. The van der Waals surface area contributed by atoms with Crippen molar-refractivity contribution in [3.8, 4) is 0 Å². The van der Waals surface area contributed by atoms with Crippen molar-refractivity contribution in [2.75, 3.05) is 26.8 Å². The van der Waals surface area contributed by atoms with Crippen LogP contribution in [-0.2, 0) is 17.6 Å². The van der Waals surface area contributed by atoms with Crippen molar-refractivity contribution in [1.29, 1.82) is 0 Å². The lowest BCUT2D eigenvalue weighted by molar-refractivity contribution is 0.0672. The molecule has 3 heteroatoms. The van der Waals surface area contributed by atoms with Gasteiger partial charge in [0.1, 0.15) is 0 Å². The monoisotopic (exact) mass is 289 g/mol. The van der Waals surface area contributed by atoms with E-state index in [2.05, 4.69) is 26.0 Å². The van der Waals surface area contributed by atoms with Crippen molar-refractivity contribution < 1.29 is 9.53 Å². The van der Waals surface area contributed by atoms with Crippen LogP contribution in [0.1, 0.15) is 48.2 Å². The van der Waals surface area contributed by atoms with E-state index in [-0.39, 0.29) is 5.91 Å². The standard InChI is InChI=1S/C18H27NO2/c1-14(2)13-19(10-11-21-3)18(20)17-9-8-15-6-4-5-7-16(15)12-17/h8-9,12,14H,4-7,10-11,13H2,1-3H3. The van der Waals surface area contributed by atoms with Crippen LogP contribution in [0.5, 0.6) is 0 Å². The van der Waals surface area contributed by atoms with Crippen molar-refractivity contribution in [2.45, 2.75) is 39.5 Å². The molecule has 3 nitrogen and oxygen atoms in total. The number of hydrogen-bond acceptors (Lipinski definition) is 2. The van der Waals surface area contributed by atoms with Crippen LogP contribution < -0.4 is 0 Å². The topological polar surface area (TPSA) is 29.5 Å². The van der Waals surface area contributed by atoms with Crippen LogP contribution in [0.15, 0.2) is 18.2 Å². The molecular weight excluding hydrogens is 262 g/mol. The summed E-state index contributed by atoms with van der Waals surface area (Å²) in [5.74, 6) is 0.595. The van der Waals surface area contributed by atoms with Gasteiger partial charge in [-0.05, 0) is 54.9 Å². The van der Waals surface area contributed by atoms with Gasteiger partial charge in [0, 0.05) is 25.8 Å². The molecule has 1 aromatic rings. The van der Waals surface area contributed by atoms with E-state index in [1.807, 2.05) is 11.0 Å². The summed E-state index contributed by atoms with van der Waals surface area (Å²) in [5.41, 5.74) is 3.61. The average Bonchev–Trinajstić information content (AvgIpc) is 2.50. The minimum Gasteiger partial charge on any atom is -0.383 e. The molecule has 0 bridgehead atoms. The maximum absolute atomic E-state index is 12.7. The SMILES string of the molecule is COCCN(CC(C)C)C(=O)c1ccc2c(c1)CCCC2. The van der Waals surface area contributed by atoms with E-state index in [4.69, 9.17) is 4.74 Å². The number of hydrogen-bond donors (Lipinski definition) is 0. The Morgan fingerprint density at radius 2 is 1.95 bits per heavy atom. The van der Waals surface area contributed by atoms with Crippen LogP contribution in [0.2, 0.25) is 0 Å². The largest absolute Gasteiger partial charge is 0.383 e. The van der Waals surface area contributed by atoms with Gasteiger partial charge in [-0.2, -0.15) is 0 Å². The van der Waals surface area contributed by atoms with E-state index in [1.54, 1.807) is 7.11 Å². The third kappa shape index (κ3) is 4.31. The Morgan fingerprint density at radius 1 is 1.24 bits per heavy atom. The second kappa shape index (κ2) is 7.60. The second-order valence-corrected chi connectivity index (χ2v) is 6.33. The fourth-order valence-electron chi connectivity index (χ4n) is 2.97. The van der Waals surface area contributed by atoms with E-state index in [1.165, 1.54) is 24.0 Å². The molecular formula is C18H27NO2. The summed E-state index contributed by atoms with van der Waals surface area (Å²) < 4.78 is 5.14. The number of amides is 1. The molecule has 1 amide bonds. The molecule has 0 unspecified atom stereocenters. The Morgan fingerprint density at radius 3 is 2.62 bits per heavy atom. The highest BCUT2D eigenvalue weighted by Crippen LogP contribution is 2.23. The maximum Gasteiger partial charge on any atom is 0.253 e. The Balaban J connectivity index is 2.15. The summed E-state index contributed by atoms with van der Waals surface area (Å²) in [7, 11) is 1.68. The van der Waals surface area contributed by atoms with Gasteiger partial charge >= 0.3 is 0 Å². The summed E-state index contributed by atoms with van der Waals surface area (Å²) in [6.45, 7) is 6.30. The molecule has 0 spiro atoms. The molecule has 0 aromatic heterocycles. The molecule has 1 aromatic carbocycles. The van der Waals surface area contributed by atoms with Gasteiger partial charge in [-0.3, -0.25) is 4.79 Å². The Kier molecular flexibility index (Phi) is 5.80. The van der Waals surface area contributed by atoms with Crippen molar-refractivity contribution in [2.24, 2.45) is 5.92 Å². The lowest BCUT2D eigenvalue weighted by Gasteiger charge is -2.25. The maximum atomic E-state index is 12.7. The molecule has 0 atom stereocenters. The quantitative estimate of drug-likeness (QED) is 0.804. The van der Waals surface area contributed by atoms with Crippen LogP contribution >= 0.6 is 0 Å². The second-order valence-electron chi connectivity index (χ2n) is 6.33. The minimum absolute atomic E-state index is 0.133. The first-order valence-corrected chi connectivity index (χ1v) is 8.02. The van der Waals surface area contributed by atoms with Crippen molar-refractivity contribution in [1.82, 2.24) is 4.90 Å². The number of benzene rings is 1. The van der Waals surface area contributed by atoms with Gasteiger partial charge in [0.05, 0.1) is 6.61 Å². The normalized spacial score (nSPS) is 14.1. The molecule has 0 heterocycles. The summed E-state index contributed by atoms with van der Waals surface area (Å²) >= 11 is 0. The van der Waals surface area contributed by atoms with Gasteiger partial charge in [0.15, 0.2) is 0 Å². The molecule has 0 N–H and O–H groups in total. The highest BCUT2D eigenvalue weighted by molar-refractivity contribution is 5.94. The van der Waals surface area contributed by atoms with E-state index < -0.39 is 0 Å². The minimum atomic E-state index is 0.133. The molecule has 0 fully saturated rings. The van der Waals surface area contributed by atoms with Gasteiger partial charge in [-0.15, -0.1) is 0 Å². The number of carbonyl (C=O) groups is 1. The van der Waals surface area contributed by atoms with E-state index in [0.29, 0.717) is 19.1 Å². The molecule has 116 valence electrons. The number of fused-ring (bicyclic) bond motifs is 1. The first-order chi connectivity index (χ1) is 10.1. The van der Waals surface area contributed by atoms with Gasteiger partial charge in [0.25, 0.3) is 5.91 Å². The number of aryl methyl sites for hydroxylation is 2. The molecule has 2 rings (SSSR count). The molecule has 1 aliphatic carbocycles. The zero-order chi connectivity index (χ0) is 15.2. The lowest BCUT2D eigenvalue weighted by Crippen LogP contribution is -2.36. The molecule has 0 saturated heterocycles. The van der Waals surface area contributed by atoms with Crippen molar-refractivity contribution in [3.05, 3.63) is 34.9 Å². The van der Waals surface area contributed by atoms with Crippen molar-refractivity contribution in [3.63, 3.8) is 0 Å². The molecule has 0 saturated carbocycles. The van der Waals surface area contributed by atoms with E-state index in [0.717, 1.165) is 24.9 Å². The highest BCUT2D eigenvalue weighted by atomic mass is 16.5. The number of nitrogens with zero attached hydrogens (tertiary/aromatic N) is 1. The third-order valence-electron chi connectivity index (χ3n) is 4.03. The smallest absolute Gasteiger partial charge is 0.253 e. The van der Waals surface area contributed by atoms with Gasteiger partial charge in [-0.25, -0.2) is 0 Å². The zero-order valence-electron chi connectivity index (χ0n) is 13.5. The lowest BCUT2D eigenvalue weighted by atomic mass is 9.90. The van der Waals surface area contributed by atoms with Crippen molar-refractivity contribution >= 4 is 5.91 Å². The van der Waals surface area contributed by atoms with Gasteiger partial charge in [-0.1, -0.05) is 19.9 Å². The number of methoxy groups -OCH3 is 1. The summed E-state index contributed by atoms with van der Waals surface area (Å²) in [5, 5.41) is 0. The predicted octanol–water partition coefficient (Wildman–Crippen LogP) is 3.31. The number of carbonyl (C=O) groups excluding carboxylic acids is 1. The van der Waals surface area contributed by atoms with Crippen LogP contribution in [-0.4, -0.2) is 37.6 Å². The first-order valence-electron chi connectivity index (χ1n) is 8.02.